The molecule has 0 aromatic carbocycles. The summed E-state index contributed by atoms with van der Waals surface area (Å²) in [5, 5.41) is 13.1. The van der Waals surface area contributed by atoms with Gasteiger partial charge in [0.2, 0.25) is 5.91 Å². The van der Waals surface area contributed by atoms with E-state index >= 15 is 0 Å². The Balaban J connectivity index is 1.90. The molecule has 22 heavy (non-hydrogen) atoms. The second kappa shape index (κ2) is 6.77. The Morgan fingerprint density at radius 2 is 2.09 bits per heavy atom. The third-order valence-corrected chi connectivity index (χ3v) is 4.07. The predicted molar refractivity (Wildman–Crippen MR) is 82.6 cm³/mol. The van der Waals surface area contributed by atoms with Crippen LogP contribution in [0, 0.1) is 5.92 Å². The van der Waals surface area contributed by atoms with Gasteiger partial charge in [-0.25, -0.2) is 4.79 Å². The van der Waals surface area contributed by atoms with Crippen molar-refractivity contribution in [2.75, 3.05) is 13.1 Å². The van der Waals surface area contributed by atoms with Crippen LogP contribution < -0.4 is 0 Å². The summed E-state index contributed by atoms with van der Waals surface area (Å²) in [5.41, 5.74) is 1.22. The first kappa shape index (κ1) is 16.3. The summed E-state index contributed by atoms with van der Waals surface area (Å²) >= 11 is 0. The highest BCUT2D eigenvalue weighted by Gasteiger charge is 2.27. The van der Waals surface area contributed by atoms with Crippen molar-refractivity contribution in [3.63, 3.8) is 0 Å². The third-order valence-electron chi connectivity index (χ3n) is 4.07. The molecule has 1 aromatic rings. The van der Waals surface area contributed by atoms with Gasteiger partial charge in [0.05, 0.1) is 17.8 Å². The molecule has 0 bridgehead atoms. The van der Waals surface area contributed by atoms with Gasteiger partial charge in [-0.2, -0.15) is 5.10 Å². The van der Waals surface area contributed by atoms with Gasteiger partial charge in [0.25, 0.3) is 0 Å². The molecule has 1 atom stereocenters. The molecule has 0 saturated carbocycles. The van der Waals surface area contributed by atoms with Gasteiger partial charge in [-0.05, 0) is 26.2 Å². The highest BCUT2D eigenvalue weighted by molar-refractivity contribution is 5.86. The average Bonchev–Trinajstić information content (AvgIpc) is 2.96. The van der Waals surface area contributed by atoms with E-state index in [1.54, 1.807) is 10.9 Å². The van der Waals surface area contributed by atoms with Gasteiger partial charge in [0, 0.05) is 25.2 Å². The molecule has 1 amide bonds. The van der Waals surface area contributed by atoms with E-state index in [1.165, 1.54) is 6.20 Å². The van der Waals surface area contributed by atoms with E-state index in [0.717, 1.165) is 24.8 Å². The van der Waals surface area contributed by atoms with Crippen molar-refractivity contribution in [2.45, 2.75) is 39.2 Å². The molecular formula is C16H23N3O3. The summed E-state index contributed by atoms with van der Waals surface area (Å²) in [6, 6.07) is 0.161. The van der Waals surface area contributed by atoms with Crippen LogP contribution in [0.25, 0.3) is 0 Å². The maximum Gasteiger partial charge on any atom is 0.338 e. The van der Waals surface area contributed by atoms with Crippen molar-refractivity contribution in [3.8, 4) is 0 Å². The first-order chi connectivity index (χ1) is 10.4. The van der Waals surface area contributed by atoms with E-state index < -0.39 is 5.97 Å². The number of carboxylic acids is 1. The molecule has 0 spiro atoms. The first-order valence-electron chi connectivity index (χ1n) is 7.59. The number of aromatic nitrogens is 2. The number of carboxylic acid groups (broad SMARTS) is 1. The molecule has 2 heterocycles. The van der Waals surface area contributed by atoms with Crippen molar-refractivity contribution in [3.05, 3.63) is 30.1 Å². The number of nitrogens with zero attached hydrogens (tertiary/aromatic N) is 3. The lowest BCUT2D eigenvalue weighted by atomic mass is 9.99. The molecule has 1 aliphatic rings. The molecule has 1 N–H and O–H groups in total. The molecule has 1 aromatic heterocycles. The number of likely N-dealkylation sites (tertiary alicyclic amines) is 1. The van der Waals surface area contributed by atoms with Gasteiger partial charge < -0.3 is 10.0 Å². The Labute approximate surface area is 130 Å². The van der Waals surface area contributed by atoms with Crippen LogP contribution in [-0.2, 0) is 4.79 Å². The normalized spacial score (nSPS) is 17.3. The summed E-state index contributed by atoms with van der Waals surface area (Å²) in [5.74, 6) is -0.821. The topological polar surface area (TPSA) is 75.4 Å². The Kier molecular flexibility index (Phi) is 5.00. The fourth-order valence-electron chi connectivity index (χ4n) is 2.92. The number of allylic oxidation sites excluding steroid dienone is 1. The Bertz CT molecular complexity index is 571. The minimum atomic E-state index is -0.965. The predicted octanol–water partition coefficient (Wildman–Crippen LogP) is 2.35. The Morgan fingerprint density at radius 1 is 1.45 bits per heavy atom. The minimum absolute atomic E-state index is 0.0302. The van der Waals surface area contributed by atoms with E-state index in [9.17, 15) is 9.59 Å². The number of carbonyl (C=O) groups is 2. The second-order valence-electron chi connectivity index (χ2n) is 6.13. The average molecular weight is 305 g/mol. The van der Waals surface area contributed by atoms with E-state index in [2.05, 4.69) is 11.7 Å². The van der Waals surface area contributed by atoms with Gasteiger partial charge >= 0.3 is 5.97 Å². The van der Waals surface area contributed by atoms with E-state index in [4.69, 9.17) is 5.11 Å². The fourth-order valence-corrected chi connectivity index (χ4v) is 2.92. The van der Waals surface area contributed by atoms with Crippen LogP contribution in [-0.4, -0.2) is 44.8 Å². The van der Waals surface area contributed by atoms with E-state index in [1.807, 2.05) is 18.7 Å². The number of hydrogen-bond acceptors (Lipinski definition) is 3. The minimum Gasteiger partial charge on any atom is -0.478 e. The molecule has 1 unspecified atom stereocenters. The van der Waals surface area contributed by atoms with Crippen LogP contribution in [0.3, 0.4) is 0 Å². The van der Waals surface area contributed by atoms with E-state index in [-0.39, 0.29) is 23.4 Å². The SMILES string of the molecule is C=C(C)CC(C)C(=O)N1CCC(n2cc(C(=O)O)cn2)CC1. The molecule has 1 aliphatic heterocycles. The zero-order valence-electron chi connectivity index (χ0n) is 13.2. The van der Waals surface area contributed by atoms with E-state index in [0.29, 0.717) is 13.1 Å². The van der Waals surface area contributed by atoms with Gasteiger partial charge in [-0.3, -0.25) is 9.48 Å². The van der Waals surface area contributed by atoms with Gasteiger partial charge in [-0.15, -0.1) is 6.58 Å². The lowest BCUT2D eigenvalue weighted by Gasteiger charge is -2.33. The zero-order valence-corrected chi connectivity index (χ0v) is 13.2. The smallest absolute Gasteiger partial charge is 0.338 e. The second-order valence-corrected chi connectivity index (χ2v) is 6.13. The molecule has 0 radical (unpaired) electrons. The molecule has 2 rings (SSSR count). The summed E-state index contributed by atoms with van der Waals surface area (Å²) < 4.78 is 1.71. The maximum absolute atomic E-state index is 12.4. The largest absolute Gasteiger partial charge is 0.478 e. The monoisotopic (exact) mass is 305 g/mol. The van der Waals surface area contributed by atoms with Crippen LogP contribution in [0.2, 0.25) is 0 Å². The maximum atomic E-state index is 12.4. The van der Waals surface area contributed by atoms with Crippen LogP contribution in [0.4, 0.5) is 0 Å². The van der Waals surface area contributed by atoms with Crippen LogP contribution in [0.1, 0.15) is 49.5 Å². The molecule has 6 nitrogen and oxygen atoms in total. The number of hydrogen-bond donors (Lipinski definition) is 1. The van der Waals surface area contributed by atoms with Crippen molar-refractivity contribution in [2.24, 2.45) is 5.92 Å². The van der Waals surface area contributed by atoms with Crippen molar-refractivity contribution >= 4 is 11.9 Å². The zero-order chi connectivity index (χ0) is 16.3. The highest BCUT2D eigenvalue weighted by atomic mass is 16.4. The van der Waals surface area contributed by atoms with Crippen LogP contribution >= 0.6 is 0 Å². The number of rotatable bonds is 5. The third kappa shape index (κ3) is 3.75. The first-order valence-corrected chi connectivity index (χ1v) is 7.59. The summed E-state index contributed by atoms with van der Waals surface area (Å²) in [4.78, 5) is 25.1. The van der Waals surface area contributed by atoms with Crippen molar-refractivity contribution in [1.29, 1.82) is 0 Å². The highest BCUT2D eigenvalue weighted by Crippen LogP contribution is 2.24. The summed E-state index contributed by atoms with van der Waals surface area (Å²) in [6.07, 6.45) is 5.25. The molecule has 120 valence electrons. The number of aromatic carboxylic acids is 1. The van der Waals surface area contributed by atoms with Crippen molar-refractivity contribution < 1.29 is 14.7 Å². The summed E-state index contributed by atoms with van der Waals surface area (Å²) in [7, 11) is 0. The molecular weight excluding hydrogens is 282 g/mol. The fraction of sp³-hybridized carbons (Fsp3) is 0.562. The number of carbonyl (C=O) groups excluding carboxylic acids is 1. The lowest BCUT2D eigenvalue weighted by Crippen LogP contribution is -2.41. The number of amides is 1. The molecule has 6 heteroatoms. The Morgan fingerprint density at radius 3 is 2.59 bits per heavy atom. The standard InChI is InChI=1S/C16H23N3O3/c1-11(2)8-12(3)15(20)18-6-4-14(5-7-18)19-10-13(9-17-19)16(21)22/h9-10,12,14H,1,4-8H2,2-3H3,(H,21,22). The van der Waals surface area contributed by atoms with Gasteiger partial charge in [-0.1, -0.05) is 12.5 Å². The van der Waals surface area contributed by atoms with Crippen molar-refractivity contribution in [1.82, 2.24) is 14.7 Å². The van der Waals surface area contributed by atoms with Crippen LogP contribution in [0.15, 0.2) is 24.5 Å². The van der Waals surface area contributed by atoms with Gasteiger partial charge in [0.15, 0.2) is 0 Å². The Hall–Kier alpha value is -2.11. The van der Waals surface area contributed by atoms with Gasteiger partial charge in [0.1, 0.15) is 0 Å². The quantitative estimate of drug-likeness (QED) is 0.847. The van der Waals surface area contributed by atoms with Crippen LogP contribution in [0.5, 0.6) is 0 Å². The number of piperidine rings is 1. The lowest BCUT2D eigenvalue weighted by molar-refractivity contribution is -0.136. The molecule has 1 saturated heterocycles. The molecule has 0 aliphatic carbocycles. The molecule has 1 fully saturated rings. The summed E-state index contributed by atoms with van der Waals surface area (Å²) in [6.45, 7) is 9.11.